The lowest BCUT2D eigenvalue weighted by molar-refractivity contribution is -0.142. The molecule has 0 aliphatic rings. The van der Waals surface area contributed by atoms with Crippen LogP contribution in [0, 0.1) is 6.92 Å². The molecule has 0 atom stereocenters. The standard InChI is InChI=1S/C15H23NO5S/c1-4-5-6-9-16-22(18,19)13-7-8-14(12(2)10-13)21-11-15(17)20-3/h7-8,10,16H,4-6,9,11H2,1-3H3. The minimum absolute atomic E-state index is 0.187. The minimum atomic E-state index is -3.51. The SMILES string of the molecule is CCCCCNS(=O)(=O)c1ccc(OCC(=O)OC)c(C)c1. The van der Waals surface area contributed by atoms with Gasteiger partial charge in [-0.05, 0) is 37.1 Å². The number of carbonyl (C=O) groups is 1. The van der Waals surface area contributed by atoms with Gasteiger partial charge >= 0.3 is 5.97 Å². The summed E-state index contributed by atoms with van der Waals surface area (Å²) in [6.07, 6.45) is 2.84. The number of sulfonamides is 1. The molecule has 1 rings (SSSR count). The highest BCUT2D eigenvalue weighted by atomic mass is 32.2. The topological polar surface area (TPSA) is 81.7 Å². The molecule has 0 aliphatic heterocycles. The van der Waals surface area contributed by atoms with E-state index in [1.54, 1.807) is 13.0 Å². The summed E-state index contributed by atoms with van der Waals surface area (Å²) in [5.74, 6) is -0.0379. The Hall–Kier alpha value is -1.60. The maximum Gasteiger partial charge on any atom is 0.343 e. The number of hydrogen-bond acceptors (Lipinski definition) is 5. The molecule has 0 unspecified atom stereocenters. The molecule has 0 aliphatic carbocycles. The maximum atomic E-state index is 12.1. The van der Waals surface area contributed by atoms with E-state index in [2.05, 4.69) is 16.4 Å². The zero-order chi connectivity index (χ0) is 16.6. The molecule has 22 heavy (non-hydrogen) atoms. The fraction of sp³-hybridized carbons (Fsp3) is 0.533. The Morgan fingerprint density at radius 3 is 2.59 bits per heavy atom. The van der Waals surface area contributed by atoms with E-state index in [9.17, 15) is 13.2 Å². The number of hydrogen-bond donors (Lipinski definition) is 1. The summed E-state index contributed by atoms with van der Waals surface area (Å²) in [5, 5.41) is 0. The highest BCUT2D eigenvalue weighted by Gasteiger charge is 2.15. The number of methoxy groups -OCH3 is 1. The van der Waals surface area contributed by atoms with Crippen LogP contribution in [-0.4, -0.2) is 34.6 Å². The van der Waals surface area contributed by atoms with Gasteiger partial charge < -0.3 is 9.47 Å². The second-order valence-electron chi connectivity index (χ2n) is 4.90. The molecule has 1 aromatic carbocycles. The number of unbranched alkanes of at least 4 members (excludes halogenated alkanes) is 2. The number of ether oxygens (including phenoxy) is 2. The molecular weight excluding hydrogens is 306 g/mol. The molecule has 0 amide bonds. The molecule has 0 bridgehead atoms. The van der Waals surface area contributed by atoms with Gasteiger partial charge in [-0.2, -0.15) is 0 Å². The Bertz CT molecular complexity index is 598. The molecule has 0 aromatic heterocycles. The molecule has 0 fully saturated rings. The zero-order valence-corrected chi connectivity index (χ0v) is 14.0. The van der Waals surface area contributed by atoms with E-state index in [0.717, 1.165) is 19.3 Å². The number of nitrogens with one attached hydrogen (secondary N) is 1. The number of aryl methyl sites for hydroxylation is 1. The van der Waals surface area contributed by atoms with Gasteiger partial charge in [-0.1, -0.05) is 19.8 Å². The predicted octanol–water partition coefficient (Wildman–Crippen LogP) is 2.02. The molecule has 1 N–H and O–H groups in total. The zero-order valence-electron chi connectivity index (χ0n) is 13.2. The number of carbonyl (C=O) groups excluding carboxylic acids is 1. The summed E-state index contributed by atoms with van der Waals surface area (Å²) < 4.78 is 36.6. The number of esters is 1. The quantitative estimate of drug-likeness (QED) is 0.554. The van der Waals surface area contributed by atoms with Crippen molar-refractivity contribution in [2.75, 3.05) is 20.3 Å². The lowest BCUT2D eigenvalue weighted by Crippen LogP contribution is -2.24. The fourth-order valence-electron chi connectivity index (χ4n) is 1.81. The average Bonchev–Trinajstić information content (AvgIpc) is 2.50. The molecule has 1 aromatic rings. The van der Waals surface area contributed by atoms with Crippen LogP contribution in [0.4, 0.5) is 0 Å². The largest absolute Gasteiger partial charge is 0.482 e. The van der Waals surface area contributed by atoms with Crippen LogP contribution in [0.2, 0.25) is 0 Å². The van der Waals surface area contributed by atoms with E-state index in [1.165, 1.54) is 19.2 Å². The van der Waals surface area contributed by atoms with Crippen LogP contribution in [0.1, 0.15) is 31.7 Å². The summed E-state index contributed by atoms with van der Waals surface area (Å²) in [4.78, 5) is 11.2. The highest BCUT2D eigenvalue weighted by molar-refractivity contribution is 7.89. The van der Waals surface area contributed by atoms with E-state index in [4.69, 9.17) is 4.74 Å². The van der Waals surface area contributed by atoms with E-state index >= 15 is 0 Å². The van der Waals surface area contributed by atoms with Crippen LogP contribution in [0.15, 0.2) is 23.1 Å². The van der Waals surface area contributed by atoms with Crippen molar-refractivity contribution >= 4 is 16.0 Å². The lowest BCUT2D eigenvalue weighted by atomic mass is 10.2. The van der Waals surface area contributed by atoms with Gasteiger partial charge in [0.05, 0.1) is 12.0 Å². The molecule has 0 spiro atoms. The van der Waals surface area contributed by atoms with Crippen LogP contribution in [-0.2, 0) is 19.6 Å². The van der Waals surface area contributed by atoms with E-state index in [1.807, 2.05) is 0 Å². The van der Waals surface area contributed by atoms with E-state index in [0.29, 0.717) is 17.9 Å². The fourth-order valence-corrected chi connectivity index (χ4v) is 2.97. The molecule has 0 saturated heterocycles. The third kappa shape index (κ3) is 5.65. The second-order valence-corrected chi connectivity index (χ2v) is 6.66. The summed E-state index contributed by atoms with van der Waals surface area (Å²) in [7, 11) is -2.24. The Labute approximate surface area is 131 Å². The van der Waals surface area contributed by atoms with Crippen LogP contribution in [0.25, 0.3) is 0 Å². The van der Waals surface area contributed by atoms with Crippen LogP contribution in [0.5, 0.6) is 5.75 Å². The summed E-state index contributed by atoms with van der Waals surface area (Å²) in [6, 6.07) is 4.52. The Balaban J connectivity index is 2.72. The monoisotopic (exact) mass is 329 g/mol. The molecule has 0 heterocycles. The molecule has 0 saturated carbocycles. The lowest BCUT2D eigenvalue weighted by Gasteiger charge is -2.11. The Morgan fingerprint density at radius 1 is 1.27 bits per heavy atom. The Morgan fingerprint density at radius 2 is 2.00 bits per heavy atom. The van der Waals surface area contributed by atoms with Gasteiger partial charge in [-0.15, -0.1) is 0 Å². The van der Waals surface area contributed by atoms with Crippen molar-refractivity contribution in [3.63, 3.8) is 0 Å². The molecule has 7 heteroatoms. The average molecular weight is 329 g/mol. The first-order valence-electron chi connectivity index (χ1n) is 7.20. The third-order valence-electron chi connectivity index (χ3n) is 3.10. The van der Waals surface area contributed by atoms with Crippen molar-refractivity contribution < 1.29 is 22.7 Å². The first-order valence-corrected chi connectivity index (χ1v) is 8.69. The van der Waals surface area contributed by atoms with Crippen molar-refractivity contribution in [1.82, 2.24) is 4.72 Å². The summed E-state index contributed by atoms with van der Waals surface area (Å²) in [5.41, 5.74) is 0.639. The third-order valence-corrected chi connectivity index (χ3v) is 4.56. The number of benzene rings is 1. The van der Waals surface area contributed by atoms with Crippen molar-refractivity contribution in [1.29, 1.82) is 0 Å². The Kier molecular flexibility index (Phi) is 7.34. The van der Waals surface area contributed by atoms with Gasteiger partial charge in [-0.25, -0.2) is 17.9 Å². The second kappa shape index (κ2) is 8.75. The van der Waals surface area contributed by atoms with Gasteiger partial charge in [0.2, 0.25) is 10.0 Å². The van der Waals surface area contributed by atoms with Gasteiger partial charge in [0.15, 0.2) is 6.61 Å². The summed E-state index contributed by atoms with van der Waals surface area (Å²) >= 11 is 0. The first kappa shape index (κ1) is 18.4. The van der Waals surface area contributed by atoms with Crippen molar-refractivity contribution in [3.05, 3.63) is 23.8 Å². The van der Waals surface area contributed by atoms with E-state index < -0.39 is 16.0 Å². The van der Waals surface area contributed by atoms with Gasteiger partial charge in [0.25, 0.3) is 0 Å². The van der Waals surface area contributed by atoms with Gasteiger partial charge in [0.1, 0.15) is 5.75 Å². The van der Waals surface area contributed by atoms with Gasteiger partial charge in [0, 0.05) is 6.54 Å². The van der Waals surface area contributed by atoms with Crippen LogP contribution >= 0.6 is 0 Å². The van der Waals surface area contributed by atoms with Crippen LogP contribution in [0.3, 0.4) is 0 Å². The maximum absolute atomic E-state index is 12.1. The molecule has 124 valence electrons. The minimum Gasteiger partial charge on any atom is -0.482 e. The molecular formula is C15H23NO5S. The van der Waals surface area contributed by atoms with Crippen molar-refractivity contribution in [2.24, 2.45) is 0 Å². The van der Waals surface area contributed by atoms with Crippen LogP contribution < -0.4 is 9.46 Å². The highest BCUT2D eigenvalue weighted by Crippen LogP contribution is 2.21. The van der Waals surface area contributed by atoms with Crippen molar-refractivity contribution in [3.8, 4) is 5.75 Å². The smallest absolute Gasteiger partial charge is 0.343 e. The predicted molar refractivity (Wildman–Crippen MR) is 83.4 cm³/mol. The van der Waals surface area contributed by atoms with E-state index in [-0.39, 0.29) is 11.5 Å². The normalized spacial score (nSPS) is 11.2. The first-order chi connectivity index (χ1) is 10.4. The summed E-state index contributed by atoms with van der Waals surface area (Å²) in [6.45, 7) is 4.00. The van der Waals surface area contributed by atoms with Gasteiger partial charge in [-0.3, -0.25) is 0 Å². The molecule has 0 radical (unpaired) electrons. The molecule has 6 nitrogen and oxygen atoms in total. The number of rotatable bonds is 9. The van der Waals surface area contributed by atoms with Crippen molar-refractivity contribution in [2.45, 2.75) is 38.0 Å².